The summed E-state index contributed by atoms with van der Waals surface area (Å²) >= 11 is 0. The summed E-state index contributed by atoms with van der Waals surface area (Å²) in [6, 6.07) is 5.93. The molecular weight excluding hydrogens is 351 g/mol. The summed E-state index contributed by atoms with van der Waals surface area (Å²) in [5.74, 6) is -1.94. The summed E-state index contributed by atoms with van der Waals surface area (Å²) in [5, 5.41) is 5.42. The van der Waals surface area contributed by atoms with E-state index in [0.717, 1.165) is 7.05 Å². The maximum absolute atomic E-state index is 12.5. The van der Waals surface area contributed by atoms with Crippen LogP contribution in [-0.2, 0) is 9.53 Å². The number of carbonyl (C=O) groups is 2. The van der Waals surface area contributed by atoms with E-state index >= 15 is 0 Å². The molecule has 0 radical (unpaired) electrons. The molecule has 2 amide bonds. The van der Waals surface area contributed by atoms with Crippen LogP contribution in [0.1, 0.15) is 32.8 Å². The van der Waals surface area contributed by atoms with E-state index in [-0.39, 0.29) is 5.69 Å². The predicted octanol–water partition coefficient (Wildman–Crippen LogP) is 3.56. The molecule has 0 bridgehead atoms. The fourth-order valence-corrected chi connectivity index (χ4v) is 2.29. The van der Waals surface area contributed by atoms with Crippen molar-refractivity contribution in [2.24, 2.45) is 5.10 Å². The molecule has 1 aromatic carbocycles. The molecule has 1 aliphatic rings. The third kappa shape index (κ3) is 4.74. The van der Waals surface area contributed by atoms with Crippen LogP contribution in [0.25, 0.3) is 0 Å². The van der Waals surface area contributed by atoms with Crippen LogP contribution >= 0.6 is 0 Å². The average Bonchev–Trinajstić information content (AvgIpc) is 3.01. The fourth-order valence-electron chi connectivity index (χ4n) is 2.29. The fraction of sp³-hybridized carbons (Fsp3) is 0.471. The van der Waals surface area contributed by atoms with E-state index in [9.17, 15) is 22.8 Å². The van der Waals surface area contributed by atoms with Gasteiger partial charge in [-0.05, 0) is 38.5 Å². The highest BCUT2D eigenvalue weighted by atomic mass is 19.4. The zero-order valence-corrected chi connectivity index (χ0v) is 14.9. The maximum atomic E-state index is 12.5. The summed E-state index contributed by atoms with van der Waals surface area (Å²) in [5.41, 5.74) is 0.755. The van der Waals surface area contributed by atoms with Crippen molar-refractivity contribution < 1.29 is 27.5 Å². The SMILES string of the molecule is CN(C(=O)C(F)(F)F)c1ccc(C2=NN(C(=O)OC(C)(C)C)CC2)cc1. The lowest BCUT2D eigenvalue weighted by molar-refractivity contribution is -0.170. The Balaban J connectivity index is 2.10. The number of hydrogen-bond acceptors (Lipinski definition) is 4. The molecule has 0 atom stereocenters. The minimum absolute atomic E-state index is 0.110. The Bertz CT molecular complexity index is 721. The van der Waals surface area contributed by atoms with Crippen LogP contribution in [0.15, 0.2) is 29.4 Å². The van der Waals surface area contributed by atoms with Gasteiger partial charge in [0.15, 0.2) is 0 Å². The van der Waals surface area contributed by atoms with Crippen LogP contribution < -0.4 is 4.90 Å². The number of rotatable bonds is 2. The van der Waals surface area contributed by atoms with E-state index in [1.165, 1.54) is 17.1 Å². The van der Waals surface area contributed by atoms with Crippen molar-refractivity contribution in [1.29, 1.82) is 0 Å². The van der Waals surface area contributed by atoms with Crippen LogP contribution in [0.5, 0.6) is 0 Å². The minimum Gasteiger partial charge on any atom is -0.442 e. The summed E-state index contributed by atoms with van der Waals surface area (Å²) in [4.78, 5) is 23.8. The van der Waals surface area contributed by atoms with Crippen molar-refractivity contribution in [3.8, 4) is 0 Å². The Labute approximate surface area is 149 Å². The van der Waals surface area contributed by atoms with E-state index in [1.807, 2.05) is 0 Å². The Hall–Kier alpha value is -2.58. The largest absolute Gasteiger partial charge is 0.471 e. The van der Waals surface area contributed by atoms with Gasteiger partial charge in [0.05, 0.1) is 12.3 Å². The third-order valence-corrected chi connectivity index (χ3v) is 3.54. The van der Waals surface area contributed by atoms with Gasteiger partial charge in [-0.15, -0.1) is 0 Å². The molecule has 1 aliphatic heterocycles. The summed E-state index contributed by atoms with van der Waals surface area (Å²) in [6.45, 7) is 5.62. The van der Waals surface area contributed by atoms with Crippen molar-refractivity contribution in [2.75, 3.05) is 18.5 Å². The molecule has 0 spiro atoms. The molecule has 0 aromatic heterocycles. The molecule has 0 unspecified atom stereocenters. The van der Waals surface area contributed by atoms with Gasteiger partial charge in [-0.1, -0.05) is 12.1 Å². The molecule has 0 fully saturated rings. The molecule has 6 nitrogen and oxygen atoms in total. The lowest BCUT2D eigenvalue weighted by Crippen LogP contribution is -2.38. The number of anilines is 1. The van der Waals surface area contributed by atoms with Gasteiger partial charge in [-0.25, -0.2) is 4.79 Å². The molecular formula is C17H20F3N3O3. The Morgan fingerprint density at radius 1 is 1.15 bits per heavy atom. The van der Waals surface area contributed by atoms with Gasteiger partial charge in [0.25, 0.3) is 0 Å². The molecule has 26 heavy (non-hydrogen) atoms. The molecule has 9 heteroatoms. The zero-order chi connectivity index (χ0) is 19.7. The Morgan fingerprint density at radius 2 is 1.73 bits per heavy atom. The number of nitrogens with zero attached hydrogens (tertiary/aromatic N) is 3. The monoisotopic (exact) mass is 371 g/mol. The quantitative estimate of drug-likeness (QED) is 0.799. The zero-order valence-electron chi connectivity index (χ0n) is 14.9. The number of carbonyl (C=O) groups excluding carboxylic acids is 2. The van der Waals surface area contributed by atoms with E-state index in [0.29, 0.717) is 29.1 Å². The second-order valence-corrected chi connectivity index (χ2v) is 6.81. The number of hydrogen-bond donors (Lipinski definition) is 0. The van der Waals surface area contributed by atoms with Crippen molar-refractivity contribution in [3.63, 3.8) is 0 Å². The average molecular weight is 371 g/mol. The number of ether oxygens (including phenoxy) is 1. The molecule has 0 saturated heterocycles. The van der Waals surface area contributed by atoms with Crippen LogP contribution in [0, 0.1) is 0 Å². The highest BCUT2D eigenvalue weighted by Gasteiger charge is 2.41. The first-order valence-electron chi connectivity index (χ1n) is 7.92. The normalized spacial score (nSPS) is 14.9. The van der Waals surface area contributed by atoms with E-state index in [1.54, 1.807) is 32.9 Å². The number of halogens is 3. The van der Waals surface area contributed by atoms with Crippen molar-refractivity contribution in [1.82, 2.24) is 5.01 Å². The first-order valence-corrected chi connectivity index (χ1v) is 7.92. The predicted molar refractivity (Wildman–Crippen MR) is 90.0 cm³/mol. The number of hydrazone groups is 1. The first-order chi connectivity index (χ1) is 11.9. The molecule has 0 aliphatic carbocycles. The smallest absolute Gasteiger partial charge is 0.442 e. The maximum Gasteiger partial charge on any atom is 0.471 e. The standard InChI is InChI=1S/C17H20F3N3O3/c1-16(2,3)26-15(25)23-10-9-13(21-23)11-5-7-12(8-6-11)22(4)14(24)17(18,19)20/h5-8H,9-10H2,1-4H3. The minimum atomic E-state index is -4.93. The first kappa shape index (κ1) is 19.7. The van der Waals surface area contributed by atoms with E-state index < -0.39 is 23.8 Å². The van der Waals surface area contributed by atoms with Gasteiger partial charge < -0.3 is 9.64 Å². The van der Waals surface area contributed by atoms with E-state index in [4.69, 9.17) is 4.74 Å². The van der Waals surface area contributed by atoms with Crippen molar-refractivity contribution >= 4 is 23.4 Å². The van der Waals surface area contributed by atoms with Crippen LogP contribution in [0.4, 0.5) is 23.7 Å². The van der Waals surface area contributed by atoms with Crippen LogP contribution in [0.3, 0.4) is 0 Å². The van der Waals surface area contributed by atoms with Crippen molar-refractivity contribution in [3.05, 3.63) is 29.8 Å². The second-order valence-electron chi connectivity index (χ2n) is 6.81. The molecule has 1 aromatic rings. The Morgan fingerprint density at radius 3 is 2.23 bits per heavy atom. The summed E-state index contributed by atoms with van der Waals surface area (Å²) in [7, 11) is 1.06. The topological polar surface area (TPSA) is 62.2 Å². The molecule has 0 N–H and O–H groups in total. The Kier molecular flexibility index (Phi) is 5.29. The van der Waals surface area contributed by atoms with Gasteiger partial charge in [0.2, 0.25) is 0 Å². The van der Waals surface area contributed by atoms with Gasteiger partial charge in [-0.3, -0.25) is 4.79 Å². The number of amides is 2. The van der Waals surface area contributed by atoms with Gasteiger partial charge >= 0.3 is 18.2 Å². The summed E-state index contributed by atoms with van der Waals surface area (Å²) in [6.07, 6.45) is -4.99. The van der Waals surface area contributed by atoms with Crippen molar-refractivity contribution in [2.45, 2.75) is 39.0 Å². The lowest BCUT2D eigenvalue weighted by Gasteiger charge is -2.22. The van der Waals surface area contributed by atoms with Crippen LogP contribution in [-0.4, -0.2) is 48.1 Å². The molecule has 0 saturated carbocycles. The number of benzene rings is 1. The van der Waals surface area contributed by atoms with Gasteiger partial charge in [0.1, 0.15) is 5.60 Å². The van der Waals surface area contributed by atoms with Gasteiger partial charge in [0, 0.05) is 19.2 Å². The van der Waals surface area contributed by atoms with Crippen LogP contribution in [0.2, 0.25) is 0 Å². The lowest BCUT2D eigenvalue weighted by atomic mass is 10.1. The number of alkyl halides is 3. The molecule has 142 valence electrons. The molecule has 2 rings (SSSR count). The molecule has 1 heterocycles. The third-order valence-electron chi connectivity index (χ3n) is 3.54. The van der Waals surface area contributed by atoms with Gasteiger partial charge in [-0.2, -0.15) is 23.3 Å². The van der Waals surface area contributed by atoms with E-state index in [2.05, 4.69) is 5.10 Å². The highest BCUT2D eigenvalue weighted by Crippen LogP contribution is 2.24. The highest BCUT2D eigenvalue weighted by molar-refractivity contribution is 6.03. The summed E-state index contributed by atoms with van der Waals surface area (Å²) < 4.78 is 42.7. The second kappa shape index (κ2) is 6.97.